The Morgan fingerprint density at radius 3 is 2.25 bits per heavy atom. The van der Waals surface area contributed by atoms with Gasteiger partial charge in [-0.3, -0.25) is 0 Å². The average molecular weight is 284 g/mol. The van der Waals surface area contributed by atoms with Gasteiger partial charge >= 0.3 is 12.1 Å². The second-order valence-electron chi connectivity index (χ2n) is 4.36. The predicted molar refractivity (Wildman–Crippen MR) is 65.0 cm³/mol. The summed E-state index contributed by atoms with van der Waals surface area (Å²) >= 11 is 0. The van der Waals surface area contributed by atoms with E-state index in [4.69, 9.17) is 5.11 Å². The van der Waals surface area contributed by atoms with E-state index in [0.717, 1.165) is 6.20 Å². The molecule has 20 heavy (non-hydrogen) atoms. The number of aryl methyl sites for hydroxylation is 2. The summed E-state index contributed by atoms with van der Waals surface area (Å²) in [6, 6.07) is 5.00. The zero-order valence-electron chi connectivity index (χ0n) is 10.7. The Balaban J connectivity index is 2.80. The third kappa shape index (κ3) is 2.26. The van der Waals surface area contributed by atoms with Gasteiger partial charge in [-0.1, -0.05) is 18.2 Å². The molecule has 1 heterocycles. The molecule has 0 atom stereocenters. The summed E-state index contributed by atoms with van der Waals surface area (Å²) in [5.74, 6) is -1.66. The number of aromatic nitrogens is 2. The first-order chi connectivity index (χ1) is 9.23. The van der Waals surface area contributed by atoms with Gasteiger partial charge in [0.1, 0.15) is 5.56 Å². The minimum atomic E-state index is -4.81. The second-order valence-corrected chi connectivity index (χ2v) is 4.36. The summed E-state index contributed by atoms with van der Waals surface area (Å²) in [6.07, 6.45) is -4.09. The molecule has 1 aromatic heterocycles. The van der Waals surface area contributed by atoms with E-state index < -0.39 is 23.4 Å². The molecule has 0 unspecified atom stereocenters. The average Bonchev–Trinajstić information content (AvgIpc) is 2.73. The van der Waals surface area contributed by atoms with Crippen LogP contribution < -0.4 is 0 Å². The smallest absolute Gasteiger partial charge is 0.434 e. The summed E-state index contributed by atoms with van der Waals surface area (Å²) in [4.78, 5) is 10.9. The number of alkyl halides is 3. The number of para-hydroxylation sites is 1. The lowest BCUT2D eigenvalue weighted by Gasteiger charge is -2.15. The first kappa shape index (κ1) is 14.1. The normalized spacial score (nSPS) is 11.7. The van der Waals surface area contributed by atoms with Crippen LogP contribution in [0.4, 0.5) is 13.2 Å². The van der Waals surface area contributed by atoms with Crippen LogP contribution in [-0.4, -0.2) is 20.9 Å². The topological polar surface area (TPSA) is 55.1 Å². The SMILES string of the molecule is Cc1cccc(C)c1-n1ncc(C(=O)O)c1C(F)(F)F. The molecule has 1 aromatic carbocycles. The van der Waals surface area contributed by atoms with E-state index in [2.05, 4.69) is 5.10 Å². The molecule has 1 N–H and O–H groups in total. The van der Waals surface area contributed by atoms with E-state index in [0.29, 0.717) is 15.8 Å². The van der Waals surface area contributed by atoms with Crippen molar-refractivity contribution >= 4 is 5.97 Å². The lowest BCUT2D eigenvalue weighted by atomic mass is 10.1. The molecule has 7 heteroatoms. The van der Waals surface area contributed by atoms with Crippen LogP contribution in [0.3, 0.4) is 0 Å². The molecule has 0 fully saturated rings. The molecule has 106 valence electrons. The summed E-state index contributed by atoms with van der Waals surface area (Å²) < 4.78 is 40.0. The van der Waals surface area contributed by atoms with Crippen molar-refractivity contribution < 1.29 is 23.1 Å². The van der Waals surface area contributed by atoms with E-state index >= 15 is 0 Å². The summed E-state index contributed by atoms with van der Waals surface area (Å²) in [5, 5.41) is 12.5. The molecule has 0 spiro atoms. The van der Waals surface area contributed by atoms with E-state index in [1.54, 1.807) is 32.0 Å². The van der Waals surface area contributed by atoms with E-state index in [-0.39, 0.29) is 5.69 Å². The van der Waals surface area contributed by atoms with Crippen LogP contribution in [0.1, 0.15) is 27.2 Å². The van der Waals surface area contributed by atoms with Gasteiger partial charge < -0.3 is 5.11 Å². The molecule has 0 aliphatic rings. The Bertz CT molecular complexity index is 654. The van der Waals surface area contributed by atoms with Crippen molar-refractivity contribution in [3.63, 3.8) is 0 Å². The van der Waals surface area contributed by atoms with Gasteiger partial charge in [0.25, 0.3) is 0 Å². The highest BCUT2D eigenvalue weighted by Gasteiger charge is 2.41. The maximum absolute atomic E-state index is 13.1. The van der Waals surface area contributed by atoms with Crippen molar-refractivity contribution in [2.24, 2.45) is 0 Å². The van der Waals surface area contributed by atoms with Gasteiger partial charge in [0.15, 0.2) is 5.69 Å². The molecule has 0 amide bonds. The van der Waals surface area contributed by atoms with Gasteiger partial charge in [-0.05, 0) is 25.0 Å². The van der Waals surface area contributed by atoms with Gasteiger partial charge in [-0.2, -0.15) is 18.3 Å². The van der Waals surface area contributed by atoms with Crippen LogP contribution >= 0.6 is 0 Å². The van der Waals surface area contributed by atoms with Crippen LogP contribution in [0.2, 0.25) is 0 Å². The molecule has 0 saturated carbocycles. The zero-order chi connectivity index (χ0) is 15.1. The molecular weight excluding hydrogens is 273 g/mol. The number of rotatable bonds is 2. The third-order valence-corrected chi connectivity index (χ3v) is 2.92. The zero-order valence-corrected chi connectivity index (χ0v) is 10.7. The minimum absolute atomic E-state index is 0.243. The molecule has 4 nitrogen and oxygen atoms in total. The predicted octanol–water partition coefficient (Wildman–Crippen LogP) is 3.21. The van der Waals surface area contributed by atoms with Crippen molar-refractivity contribution in [2.45, 2.75) is 20.0 Å². The minimum Gasteiger partial charge on any atom is -0.478 e. The van der Waals surface area contributed by atoms with Crippen LogP contribution in [0.25, 0.3) is 5.69 Å². The number of halogens is 3. The Kier molecular flexibility index (Phi) is 3.29. The largest absolute Gasteiger partial charge is 0.478 e. The van der Waals surface area contributed by atoms with Crippen molar-refractivity contribution in [1.29, 1.82) is 0 Å². The fourth-order valence-corrected chi connectivity index (χ4v) is 2.09. The second kappa shape index (κ2) is 4.66. The Morgan fingerprint density at radius 1 is 1.25 bits per heavy atom. The number of hydrogen-bond donors (Lipinski definition) is 1. The number of carbonyl (C=O) groups is 1. The first-order valence-corrected chi connectivity index (χ1v) is 5.68. The van der Waals surface area contributed by atoms with Crippen molar-refractivity contribution in [1.82, 2.24) is 9.78 Å². The fraction of sp³-hybridized carbons (Fsp3) is 0.231. The maximum Gasteiger partial charge on any atom is 0.434 e. The van der Waals surface area contributed by atoms with E-state index in [1.807, 2.05) is 0 Å². The highest BCUT2D eigenvalue weighted by Crippen LogP contribution is 2.34. The van der Waals surface area contributed by atoms with E-state index in [9.17, 15) is 18.0 Å². The quantitative estimate of drug-likeness (QED) is 0.921. The van der Waals surface area contributed by atoms with Crippen LogP contribution in [0, 0.1) is 13.8 Å². The highest BCUT2D eigenvalue weighted by molar-refractivity contribution is 5.89. The first-order valence-electron chi connectivity index (χ1n) is 5.68. The molecule has 0 aliphatic heterocycles. The summed E-state index contributed by atoms with van der Waals surface area (Å²) in [6.45, 7) is 3.29. The Labute approximate surface area is 112 Å². The molecule has 0 radical (unpaired) electrons. The highest BCUT2D eigenvalue weighted by atomic mass is 19.4. The van der Waals surface area contributed by atoms with Crippen LogP contribution in [-0.2, 0) is 6.18 Å². The monoisotopic (exact) mass is 284 g/mol. The fourth-order valence-electron chi connectivity index (χ4n) is 2.09. The number of hydrogen-bond acceptors (Lipinski definition) is 2. The number of nitrogens with zero attached hydrogens (tertiary/aromatic N) is 2. The number of carboxylic acid groups (broad SMARTS) is 1. The van der Waals surface area contributed by atoms with Gasteiger partial charge in [0.2, 0.25) is 0 Å². The van der Waals surface area contributed by atoms with Crippen molar-refractivity contribution in [3.05, 3.63) is 46.8 Å². The number of benzene rings is 1. The lowest BCUT2D eigenvalue weighted by molar-refractivity contribution is -0.143. The van der Waals surface area contributed by atoms with Gasteiger partial charge in [-0.25, -0.2) is 9.48 Å². The number of aromatic carboxylic acids is 1. The molecule has 0 bridgehead atoms. The van der Waals surface area contributed by atoms with Crippen molar-refractivity contribution in [3.8, 4) is 5.69 Å². The maximum atomic E-state index is 13.1. The third-order valence-electron chi connectivity index (χ3n) is 2.92. The molecular formula is C13H11F3N2O2. The molecule has 2 aromatic rings. The molecule has 0 aliphatic carbocycles. The van der Waals surface area contributed by atoms with Crippen LogP contribution in [0.5, 0.6) is 0 Å². The van der Waals surface area contributed by atoms with Crippen molar-refractivity contribution in [2.75, 3.05) is 0 Å². The summed E-state index contributed by atoms with van der Waals surface area (Å²) in [5.41, 5.74) is -0.735. The standard InChI is InChI=1S/C13H11F3N2O2/c1-7-4-3-5-8(2)10(7)18-11(13(14,15)16)9(6-17-18)12(19)20/h3-6H,1-2H3,(H,19,20). The Hall–Kier alpha value is -2.31. The Morgan fingerprint density at radius 2 is 1.80 bits per heavy atom. The lowest BCUT2D eigenvalue weighted by Crippen LogP contribution is -2.18. The molecule has 2 rings (SSSR count). The van der Waals surface area contributed by atoms with Gasteiger partial charge in [0, 0.05) is 0 Å². The van der Waals surface area contributed by atoms with E-state index in [1.165, 1.54) is 0 Å². The van der Waals surface area contributed by atoms with Crippen LogP contribution in [0.15, 0.2) is 24.4 Å². The number of carboxylic acids is 1. The molecule has 0 saturated heterocycles. The summed E-state index contributed by atoms with van der Waals surface area (Å²) in [7, 11) is 0. The van der Waals surface area contributed by atoms with Gasteiger partial charge in [-0.15, -0.1) is 0 Å². The van der Waals surface area contributed by atoms with Gasteiger partial charge in [0.05, 0.1) is 11.9 Å².